The number of amides is 2. The standard InChI is InChI=1S/C13H11ClN2O2/c14-10-11(13(18)15-12(10)17)16-6-5-8-3-1-2-4-9(8)7-16/h1-4H,5-7H2,(H,15,17,18). The number of imide groups is 1. The van der Waals surface area contributed by atoms with Gasteiger partial charge in [-0.1, -0.05) is 35.9 Å². The molecular formula is C13H11ClN2O2. The van der Waals surface area contributed by atoms with Crippen molar-refractivity contribution in [1.29, 1.82) is 0 Å². The molecule has 0 aliphatic carbocycles. The summed E-state index contributed by atoms with van der Waals surface area (Å²) in [5, 5.41) is 2.21. The van der Waals surface area contributed by atoms with Gasteiger partial charge >= 0.3 is 0 Å². The van der Waals surface area contributed by atoms with Gasteiger partial charge in [-0.15, -0.1) is 0 Å². The highest BCUT2D eigenvalue weighted by Crippen LogP contribution is 2.26. The van der Waals surface area contributed by atoms with Gasteiger partial charge in [-0.3, -0.25) is 14.9 Å². The molecule has 0 fully saturated rings. The van der Waals surface area contributed by atoms with Crippen LogP contribution in [0.25, 0.3) is 0 Å². The van der Waals surface area contributed by atoms with Crippen LogP contribution in [0, 0.1) is 0 Å². The second-order valence-electron chi connectivity index (χ2n) is 4.39. The number of rotatable bonds is 1. The summed E-state index contributed by atoms with van der Waals surface area (Å²) in [6.45, 7) is 1.31. The van der Waals surface area contributed by atoms with Crippen molar-refractivity contribution >= 4 is 23.4 Å². The summed E-state index contributed by atoms with van der Waals surface area (Å²) in [6.07, 6.45) is 0.852. The topological polar surface area (TPSA) is 49.4 Å². The number of hydrogen-bond acceptors (Lipinski definition) is 3. The van der Waals surface area contributed by atoms with E-state index in [4.69, 9.17) is 11.6 Å². The molecule has 3 rings (SSSR count). The van der Waals surface area contributed by atoms with Crippen molar-refractivity contribution in [3.63, 3.8) is 0 Å². The SMILES string of the molecule is O=C1NC(=O)C(N2CCc3ccccc3C2)=C1Cl. The fourth-order valence-electron chi connectivity index (χ4n) is 2.39. The predicted octanol–water partition coefficient (Wildman–Crippen LogP) is 1.15. The molecule has 1 aromatic rings. The van der Waals surface area contributed by atoms with E-state index in [9.17, 15) is 9.59 Å². The minimum Gasteiger partial charge on any atom is -0.361 e. The number of benzene rings is 1. The first-order valence-electron chi connectivity index (χ1n) is 5.74. The molecule has 4 nitrogen and oxygen atoms in total. The molecule has 18 heavy (non-hydrogen) atoms. The summed E-state index contributed by atoms with van der Waals surface area (Å²) in [5.41, 5.74) is 2.76. The van der Waals surface area contributed by atoms with E-state index in [0.29, 0.717) is 18.8 Å². The lowest BCUT2D eigenvalue weighted by Gasteiger charge is -2.30. The summed E-state index contributed by atoms with van der Waals surface area (Å²) < 4.78 is 0. The van der Waals surface area contributed by atoms with Crippen molar-refractivity contribution < 1.29 is 9.59 Å². The summed E-state index contributed by atoms with van der Waals surface area (Å²) in [6, 6.07) is 8.10. The van der Waals surface area contributed by atoms with Crippen molar-refractivity contribution in [2.75, 3.05) is 6.54 Å². The van der Waals surface area contributed by atoms with Crippen LogP contribution in [-0.4, -0.2) is 23.3 Å². The minimum atomic E-state index is -0.504. The van der Waals surface area contributed by atoms with Gasteiger partial charge in [-0.2, -0.15) is 0 Å². The number of halogens is 1. The lowest BCUT2D eigenvalue weighted by Crippen LogP contribution is -2.34. The van der Waals surface area contributed by atoms with Gasteiger partial charge in [-0.25, -0.2) is 0 Å². The van der Waals surface area contributed by atoms with Crippen molar-refractivity contribution in [2.24, 2.45) is 0 Å². The molecule has 2 amide bonds. The lowest BCUT2D eigenvalue weighted by molar-refractivity contribution is -0.124. The Hall–Kier alpha value is -1.81. The molecule has 1 aromatic carbocycles. The predicted molar refractivity (Wildman–Crippen MR) is 66.6 cm³/mol. The molecule has 2 aliphatic rings. The van der Waals surface area contributed by atoms with E-state index in [2.05, 4.69) is 11.4 Å². The zero-order chi connectivity index (χ0) is 12.7. The normalized spacial score (nSPS) is 19.1. The molecule has 92 valence electrons. The maximum absolute atomic E-state index is 11.7. The van der Waals surface area contributed by atoms with E-state index < -0.39 is 11.8 Å². The third kappa shape index (κ3) is 1.69. The highest BCUT2D eigenvalue weighted by molar-refractivity contribution is 6.47. The summed E-state index contributed by atoms with van der Waals surface area (Å²) >= 11 is 5.89. The van der Waals surface area contributed by atoms with Crippen LogP contribution in [0.15, 0.2) is 35.0 Å². The molecule has 0 atom stereocenters. The van der Waals surface area contributed by atoms with E-state index in [-0.39, 0.29) is 5.03 Å². The molecule has 1 N–H and O–H groups in total. The average Bonchev–Trinajstić information content (AvgIpc) is 2.63. The lowest BCUT2D eigenvalue weighted by atomic mass is 9.99. The van der Waals surface area contributed by atoms with Gasteiger partial charge in [0.05, 0.1) is 0 Å². The van der Waals surface area contributed by atoms with Crippen molar-refractivity contribution in [3.8, 4) is 0 Å². The molecule has 5 heteroatoms. The van der Waals surface area contributed by atoms with Crippen LogP contribution in [0.5, 0.6) is 0 Å². The Morgan fingerprint density at radius 2 is 1.83 bits per heavy atom. The fourth-order valence-corrected chi connectivity index (χ4v) is 2.65. The molecule has 0 spiro atoms. The van der Waals surface area contributed by atoms with Crippen LogP contribution >= 0.6 is 11.6 Å². The number of carbonyl (C=O) groups is 2. The monoisotopic (exact) mass is 262 g/mol. The van der Waals surface area contributed by atoms with E-state index >= 15 is 0 Å². The van der Waals surface area contributed by atoms with E-state index in [0.717, 1.165) is 6.42 Å². The third-order valence-corrected chi connectivity index (χ3v) is 3.65. The van der Waals surface area contributed by atoms with E-state index in [1.807, 2.05) is 23.1 Å². The number of carbonyl (C=O) groups excluding carboxylic acids is 2. The molecule has 0 radical (unpaired) electrons. The first-order valence-corrected chi connectivity index (χ1v) is 6.12. The highest BCUT2D eigenvalue weighted by Gasteiger charge is 2.34. The number of fused-ring (bicyclic) bond motifs is 1. The van der Waals surface area contributed by atoms with Gasteiger partial charge in [0.25, 0.3) is 11.8 Å². The molecule has 0 saturated carbocycles. The molecule has 0 saturated heterocycles. The maximum Gasteiger partial charge on any atom is 0.276 e. The van der Waals surface area contributed by atoms with Gasteiger partial charge < -0.3 is 4.90 Å². The Morgan fingerprint density at radius 3 is 2.50 bits per heavy atom. The van der Waals surface area contributed by atoms with Crippen molar-refractivity contribution in [3.05, 3.63) is 46.1 Å². The van der Waals surface area contributed by atoms with Crippen LogP contribution in [0.4, 0.5) is 0 Å². The van der Waals surface area contributed by atoms with Crippen LogP contribution in [0.2, 0.25) is 0 Å². The summed E-state index contributed by atoms with van der Waals surface area (Å²) in [7, 11) is 0. The third-order valence-electron chi connectivity index (χ3n) is 3.30. The largest absolute Gasteiger partial charge is 0.361 e. The molecular weight excluding hydrogens is 252 g/mol. The van der Waals surface area contributed by atoms with Gasteiger partial charge in [0.1, 0.15) is 10.7 Å². The molecule has 0 aromatic heterocycles. The first kappa shape index (κ1) is 11.3. The quantitative estimate of drug-likeness (QED) is 0.773. The maximum atomic E-state index is 11.7. The van der Waals surface area contributed by atoms with Gasteiger partial charge in [0.15, 0.2) is 0 Å². The molecule has 2 heterocycles. The molecule has 0 bridgehead atoms. The summed E-state index contributed by atoms with van der Waals surface area (Å²) in [5.74, 6) is -0.903. The Labute approximate surface area is 109 Å². The molecule has 2 aliphatic heterocycles. The van der Waals surface area contributed by atoms with Gasteiger partial charge in [0, 0.05) is 13.1 Å². The van der Waals surface area contributed by atoms with E-state index in [1.54, 1.807) is 0 Å². The Bertz CT molecular complexity index is 580. The van der Waals surface area contributed by atoms with E-state index in [1.165, 1.54) is 11.1 Å². The summed E-state index contributed by atoms with van der Waals surface area (Å²) in [4.78, 5) is 24.9. The number of hydrogen-bond donors (Lipinski definition) is 1. The van der Waals surface area contributed by atoms with Gasteiger partial charge in [0.2, 0.25) is 0 Å². The number of nitrogens with one attached hydrogen (secondary N) is 1. The smallest absolute Gasteiger partial charge is 0.276 e. The number of nitrogens with zero attached hydrogens (tertiary/aromatic N) is 1. The van der Waals surface area contributed by atoms with Crippen LogP contribution < -0.4 is 5.32 Å². The zero-order valence-corrected chi connectivity index (χ0v) is 10.3. The highest BCUT2D eigenvalue weighted by atomic mass is 35.5. The van der Waals surface area contributed by atoms with Crippen molar-refractivity contribution in [2.45, 2.75) is 13.0 Å². The fraction of sp³-hybridized carbons (Fsp3) is 0.231. The van der Waals surface area contributed by atoms with Crippen LogP contribution in [0.1, 0.15) is 11.1 Å². The minimum absolute atomic E-state index is 0.000573. The average molecular weight is 263 g/mol. The Kier molecular flexibility index (Phi) is 2.59. The second-order valence-corrected chi connectivity index (χ2v) is 4.76. The first-order chi connectivity index (χ1) is 8.66. The van der Waals surface area contributed by atoms with Crippen LogP contribution in [0.3, 0.4) is 0 Å². The second kappa shape index (κ2) is 4.14. The van der Waals surface area contributed by atoms with Gasteiger partial charge in [-0.05, 0) is 17.5 Å². The molecule has 0 unspecified atom stereocenters. The van der Waals surface area contributed by atoms with Crippen molar-refractivity contribution in [1.82, 2.24) is 10.2 Å². The Balaban J connectivity index is 1.93. The Morgan fingerprint density at radius 1 is 1.11 bits per heavy atom. The zero-order valence-electron chi connectivity index (χ0n) is 9.57. The van der Waals surface area contributed by atoms with Crippen LogP contribution in [-0.2, 0) is 22.6 Å².